The molecule has 3 aromatic carbocycles. The maximum Gasteiger partial charge on any atom is 0.338 e. The third-order valence-electron chi connectivity index (χ3n) is 7.19. The minimum Gasteiger partial charge on any atom is -0.455 e. The Bertz CT molecular complexity index is 1260. The van der Waals surface area contributed by atoms with E-state index >= 15 is 0 Å². The van der Waals surface area contributed by atoms with Crippen LogP contribution < -0.4 is 10.4 Å². The maximum atomic E-state index is 13.0. The first kappa shape index (κ1) is 29.9. The number of hydrogen-bond acceptors (Lipinski definition) is 7. The topological polar surface area (TPSA) is 114 Å². The molecule has 40 heavy (non-hydrogen) atoms. The lowest BCUT2D eigenvalue weighted by Gasteiger charge is -2.46. The first-order valence-corrected chi connectivity index (χ1v) is 16.3. The number of benzene rings is 3. The summed E-state index contributed by atoms with van der Waals surface area (Å²) in [5, 5.41) is 17.3. The van der Waals surface area contributed by atoms with Gasteiger partial charge in [0.2, 0.25) is 0 Å². The minimum atomic E-state index is -2.92. The number of carbonyl (C=O) groups excluding carboxylic acids is 1. The monoisotopic (exact) mass is 577 g/mol. The number of aliphatic hydroxyl groups excluding tert-OH is 1. The number of azide groups is 1. The van der Waals surface area contributed by atoms with Gasteiger partial charge in [-0.25, -0.2) is 4.79 Å². The van der Waals surface area contributed by atoms with Gasteiger partial charge < -0.3 is 19.0 Å². The standard InChI is InChI=1S/C30H35N3O5SSi/c1-30(2,3)40(22-16-10-6-11-17-22,23-18-12-7-13-19-23)36-20-24-26(34)27(25(32-33-31)29(37-24)39-4)38-28(35)21-14-8-5-9-15-21/h5-19,24-27,29,34H,20H2,1-4H3/t24-,25-,26-,27+,29+/m1/s1. The van der Waals surface area contributed by atoms with Crippen molar-refractivity contribution in [1.29, 1.82) is 0 Å². The molecule has 1 heterocycles. The number of carbonyl (C=O) groups is 1. The van der Waals surface area contributed by atoms with Gasteiger partial charge in [-0.15, -0.1) is 11.8 Å². The van der Waals surface area contributed by atoms with Crippen molar-refractivity contribution in [2.45, 2.75) is 55.6 Å². The first-order valence-electron chi connectivity index (χ1n) is 13.1. The summed E-state index contributed by atoms with van der Waals surface area (Å²) in [7, 11) is -2.92. The van der Waals surface area contributed by atoms with Gasteiger partial charge in [0.1, 0.15) is 29.8 Å². The van der Waals surface area contributed by atoms with Crippen molar-refractivity contribution in [3.63, 3.8) is 0 Å². The van der Waals surface area contributed by atoms with Crippen LogP contribution in [0.3, 0.4) is 0 Å². The highest BCUT2D eigenvalue weighted by Crippen LogP contribution is 2.38. The van der Waals surface area contributed by atoms with Crippen LogP contribution in [0.25, 0.3) is 10.4 Å². The molecule has 0 radical (unpaired) electrons. The van der Waals surface area contributed by atoms with Crippen LogP contribution in [-0.2, 0) is 13.9 Å². The normalized spacial score (nSPS) is 23.2. The number of nitrogens with zero attached hydrogens (tertiary/aromatic N) is 3. The van der Waals surface area contributed by atoms with E-state index in [0.29, 0.717) is 5.56 Å². The Labute approximate surface area is 240 Å². The fraction of sp³-hybridized carbons (Fsp3) is 0.367. The molecular formula is C30H35N3O5SSi. The second-order valence-electron chi connectivity index (χ2n) is 10.7. The Kier molecular flexibility index (Phi) is 9.73. The highest BCUT2D eigenvalue weighted by molar-refractivity contribution is 7.99. The van der Waals surface area contributed by atoms with E-state index in [1.54, 1.807) is 30.3 Å². The van der Waals surface area contributed by atoms with Gasteiger partial charge in [0.05, 0.1) is 12.2 Å². The number of hydrogen-bond donors (Lipinski definition) is 1. The highest BCUT2D eigenvalue weighted by atomic mass is 32.2. The average Bonchev–Trinajstić information content (AvgIpc) is 2.97. The van der Waals surface area contributed by atoms with Crippen LogP contribution in [0.4, 0.5) is 0 Å². The predicted molar refractivity (Wildman–Crippen MR) is 160 cm³/mol. The highest BCUT2D eigenvalue weighted by Gasteiger charge is 2.53. The second kappa shape index (κ2) is 13.0. The molecule has 0 unspecified atom stereocenters. The number of esters is 1. The van der Waals surface area contributed by atoms with Crippen LogP contribution in [0, 0.1) is 0 Å². The molecule has 1 aliphatic heterocycles. The molecule has 1 aliphatic rings. The molecule has 3 aromatic rings. The van der Waals surface area contributed by atoms with Gasteiger partial charge in [-0.2, -0.15) is 0 Å². The SMILES string of the molecule is CS[C@@H]1O[C@H](CO[Si](c2ccccc2)(c2ccccc2)C(C)(C)C)[C@@H](O)[C@@H](OC(=O)c2ccccc2)[C@H]1N=[N+]=[N-]. The molecule has 1 saturated heterocycles. The van der Waals surface area contributed by atoms with Crippen molar-refractivity contribution in [2.75, 3.05) is 12.9 Å². The van der Waals surface area contributed by atoms with E-state index in [9.17, 15) is 15.4 Å². The van der Waals surface area contributed by atoms with Crippen molar-refractivity contribution >= 4 is 36.4 Å². The molecule has 0 aromatic heterocycles. The van der Waals surface area contributed by atoms with E-state index in [2.05, 4.69) is 55.1 Å². The van der Waals surface area contributed by atoms with Gasteiger partial charge in [0.25, 0.3) is 8.32 Å². The van der Waals surface area contributed by atoms with Gasteiger partial charge in [-0.3, -0.25) is 0 Å². The van der Waals surface area contributed by atoms with Crippen molar-refractivity contribution < 1.29 is 23.8 Å². The molecule has 0 bridgehead atoms. The molecule has 10 heteroatoms. The summed E-state index contributed by atoms with van der Waals surface area (Å²) < 4.78 is 19.1. The minimum absolute atomic E-state index is 0.0495. The summed E-state index contributed by atoms with van der Waals surface area (Å²) >= 11 is 1.32. The summed E-state index contributed by atoms with van der Waals surface area (Å²) in [6, 6.07) is 28.0. The third kappa shape index (κ3) is 6.12. The zero-order chi connectivity index (χ0) is 28.8. The predicted octanol–water partition coefficient (Wildman–Crippen LogP) is 4.92. The van der Waals surface area contributed by atoms with Crippen LogP contribution in [0.15, 0.2) is 96.1 Å². The van der Waals surface area contributed by atoms with Gasteiger partial charge >= 0.3 is 5.97 Å². The summed E-state index contributed by atoms with van der Waals surface area (Å²) in [5.41, 5.74) is 8.94. The molecule has 0 spiro atoms. The van der Waals surface area contributed by atoms with Crippen LogP contribution in [-0.4, -0.2) is 62.0 Å². The molecule has 5 atom stereocenters. The van der Waals surface area contributed by atoms with E-state index < -0.39 is 44.1 Å². The smallest absolute Gasteiger partial charge is 0.338 e. The number of ether oxygens (including phenoxy) is 2. The Morgan fingerprint density at radius 2 is 1.52 bits per heavy atom. The third-order valence-corrected chi connectivity index (χ3v) is 13.1. The number of thioether (sulfide) groups is 1. The lowest BCUT2D eigenvalue weighted by atomic mass is 9.98. The van der Waals surface area contributed by atoms with Crippen molar-refractivity contribution in [1.82, 2.24) is 0 Å². The van der Waals surface area contributed by atoms with E-state index in [1.807, 2.05) is 42.7 Å². The molecule has 4 rings (SSSR count). The Morgan fingerprint density at radius 3 is 2.00 bits per heavy atom. The van der Waals surface area contributed by atoms with Crippen molar-refractivity contribution in [3.8, 4) is 0 Å². The largest absolute Gasteiger partial charge is 0.455 e. The van der Waals surface area contributed by atoms with E-state index in [0.717, 1.165) is 10.4 Å². The summed E-state index contributed by atoms with van der Waals surface area (Å²) in [6.07, 6.45) is -1.43. The quantitative estimate of drug-likeness (QED) is 0.127. The number of rotatable bonds is 9. The summed E-state index contributed by atoms with van der Waals surface area (Å²) in [6.45, 7) is 6.56. The fourth-order valence-electron chi connectivity index (χ4n) is 5.29. The van der Waals surface area contributed by atoms with E-state index in [1.165, 1.54) is 11.8 Å². The molecule has 0 saturated carbocycles. The summed E-state index contributed by atoms with van der Waals surface area (Å²) in [5.74, 6) is -0.615. The average molecular weight is 578 g/mol. The van der Waals surface area contributed by atoms with Crippen molar-refractivity contribution in [2.24, 2.45) is 5.11 Å². The van der Waals surface area contributed by atoms with Gasteiger partial charge in [0, 0.05) is 4.91 Å². The molecule has 1 N–H and O–H groups in total. The van der Waals surface area contributed by atoms with Gasteiger partial charge in [0.15, 0.2) is 0 Å². The molecule has 8 nitrogen and oxygen atoms in total. The number of aliphatic hydroxyl groups is 1. The van der Waals surface area contributed by atoms with E-state index in [-0.39, 0.29) is 11.6 Å². The van der Waals surface area contributed by atoms with Crippen LogP contribution in [0.1, 0.15) is 31.1 Å². The van der Waals surface area contributed by atoms with Crippen LogP contribution >= 0.6 is 11.8 Å². The zero-order valence-electron chi connectivity index (χ0n) is 23.1. The van der Waals surface area contributed by atoms with E-state index in [4.69, 9.17) is 13.9 Å². The van der Waals surface area contributed by atoms with Gasteiger partial charge in [-0.05, 0) is 39.3 Å². The Morgan fingerprint density at radius 1 is 1.00 bits per heavy atom. The molecule has 1 fully saturated rings. The Balaban J connectivity index is 1.69. The Hall–Kier alpha value is -3.11. The zero-order valence-corrected chi connectivity index (χ0v) is 24.9. The second-order valence-corrected chi connectivity index (χ2v) is 15.9. The first-order chi connectivity index (χ1) is 19.2. The summed E-state index contributed by atoms with van der Waals surface area (Å²) in [4.78, 5) is 15.9. The van der Waals surface area contributed by atoms with Crippen LogP contribution in [0.2, 0.25) is 5.04 Å². The molecule has 0 aliphatic carbocycles. The molecule has 210 valence electrons. The van der Waals surface area contributed by atoms with Crippen LogP contribution in [0.5, 0.6) is 0 Å². The van der Waals surface area contributed by atoms with Gasteiger partial charge in [-0.1, -0.05) is 105 Å². The lowest BCUT2D eigenvalue weighted by molar-refractivity contribution is -0.165. The molecular weight excluding hydrogens is 542 g/mol. The lowest BCUT2D eigenvalue weighted by Crippen LogP contribution is -2.68. The molecule has 0 amide bonds. The van der Waals surface area contributed by atoms with Crippen molar-refractivity contribution in [3.05, 3.63) is 107 Å². The fourth-order valence-corrected chi connectivity index (χ4v) is 10.6. The maximum absolute atomic E-state index is 13.0.